The second-order valence-corrected chi connectivity index (χ2v) is 4.11. The molecule has 3 nitrogen and oxygen atoms in total. The SMILES string of the molecule is CCCC(C)Nc1cnnc2ccccc12. The molecule has 1 N–H and O–H groups in total. The zero-order valence-electron chi connectivity index (χ0n) is 9.77. The summed E-state index contributed by atoms with van der Waals surface area (Å²) in [5, 5.41) is 12.7. The number of nitrogens with one attached hydrogen (secondary N) is 1. The van der Waals surface area contributed by atoms with Crippen molar-refractivity contribution in [3.8, 4) is 0 Å². The van der Waals surface area contributed by atoms with E-state index in [9.17, 15) is 0 Å². The van der Waals surface area contributed by atoms with Gasteiger partial charge in [-0.25, -0.2) is 0 Å². The second kappa shape index (κ2) is 4.92. The number of anilines is 1. The first-order chi connectivity index (χ1) is 7.81. The Morgan fingerprint density at radius 1 is 1.31 bits per heavy atom. The van der Waals surface area contributed by atoms with Gasteiger partial charge in [0.05, 0.1) is 17.4 Å². The van der Waals surface area contributed by atoms with Crippen molar-refractivity contribution in [3.05, 3.63) is 30.5 Å². The largest absolute Gasteiger partial charge is 0.381 e. The van der Waals surface area contributed by atoms with Gasteiger partial charge in [-0.1, -0.05) is 31.5 Å². The fourth-order valence-corrected chi connectivity index (χ4v) is 1.89. The Kier molecular flexibility index (Phi) is 3.34. The number of hydrogen-bond donors (Lipinski definition) is 1. The first kappa shape index (κ1) is 10.9. The molecular formula is C13H17N3. The molecule has 0 saturated carbocycles. The van der Waals surface area contributed by atoms with Crippen LogP contribution in [0.2, 0.25) is 0 Å². The maximum atomic E-state index is 4.11. The molecule has 1 unspecified atom stereocenters. The molecule has 0 amide bonds. The summed E-state index contributed by atoms with van der Waals surface area (Å²) >= 11 is 0. The standard InChI is InChI=1S/C13H17N3/c1-3-6-10(2)15-13-9-14-16-12-8-5-4-7-11(12)13/h4-5,7-10H,3,6H2,1-2H3,(H,15,16). The average Bonchev–Trinajstić information content (AvgIpc) is 2.30. The predicted molar refractivity (Wildman–Crippen MR) is 67.5 cm³/mol. The van der Waals surface area contributed by atoms with Crippen LogP contribution in [0.3, 0.4) is 0 Å². The summed E-state index contributed by atoms with van der Waals surface area (Å²) in [4.78, 5) is 0. The van der Waals surface area contributed by atoms with Gasteiger partial charge in [0.25, 0.3) is 0 Å². The molecule has 0 bridgehead atoms. The Hall–Kier alpha value is -1.64. The van der Waals surface area contributed by atoms with E-state index in [1.165, 1.54) is 6.42 Å². The zero-order valence-corrected chi connectivity index (χ0v) is 9.77. The van der Waals surface area contributed by atoms with E-state index in [4.69, 9.17) is 0 Å². The van der Waals surface area contributed by atoms with Crippen molar-refractivity contribution in [2.24, 2.45) is 0 Å². The molecule has 2 aromatic rings. The number of aromatic nitrogens is 2. The van der Waals surface area contributed by atoms with E-state index in [2.05, 4.69) is 35.4 Å². The first-order valence-electron chi connectivity index (χ1n) is 5.78. The number of rotatable bonds is 4. The van der Waals surface area contributed by atoms with Crippen LogP contribution in [0, 0.1) is 0 Å². The average molecular weight is 215 g/mol. The van der Waals surface area contributed by atoms with E-state index in [-0.39, 0.29) is 0 Å². The van der Waals surface area contributed by atoms with Gasteiger partial charge in [0.15, 0.2) is 0 Å². The monoisotopic (exact) mass is 215 g/mol. The van der Waals surface area contributed by atoms with Crippen LogP contribution in [-0.2, 0) is 0 Å². The summed E-state index contributed by atoms with van der Waals surface area (Å²) in [6.07, 6.45) is 4.15. The number of hydrogen-bond acceptors (Lipinski definition) is 3. The second-order valence-electron chi connectivity index (χ2n) is 4.11. The van der Waals surface area contributed by atoms with E-state index in [1.54, 1.807) is 6.20 Å². The van der Waals surface area contributed by atoms with Gasteiger partial charge in [-0.15, -0.1) is 0 Å². The molecule has 1 aromatic carbocycles. The summed E-state index contributed by atoms with van der Waals surface area (Å²) in [6, 6.07) is 8.54. The van der Waals surface area contributed by atoms with Gasteiger partial charge in [0.2, 0.25) is 0 Å². The summed E-state index contributed by atoms with van der Waals surface area (Å²) in [5.41, 5.74) is 2.02. The van der Waals surface area contributed by atoms with Crippen molar-refractivity contribution in [1.82, 2.24) is 10.2 Å². The lowest BCUT2D eigenvalue weighted by atomic mass is 10.1. The lowest BCUT2D eigenvalue weighted by molar-refractivity contribution is 0.690. The number of fused-ring (bicyclic) bond motifs is 1. The Morgan fingerprint density at radius 3 is 2.94 bits per heavy atom. The molecule has 1 heterocycles. The highest BCUT2D eigenvalue weighted by Gasteiger charge is 2.05. The highest BCUT2D eigenvalue weighted by Crippen LogP contribution is 2.20. The Bertz CT molecular complexity index is 462. The molecule has 0 aliphatic rings. The van der Waals surface area contributed by atoms with Crippen molar-refractivity contribution in [2.75, 3.05) is 5.32 Å². The molecule has 0 saturated heterocycles. The van der Waals surface area contributed by atoms with E-state index in [0.717, 1.165) is 23.0 Å². The van der Waals surface area contributed by atoms with Gasteiger partial charge in [-0.3, -0.25) is 0 Å². The molecular weight excluding hydrogens is 198 g/mol. The number of nitrogens with zero attached hydrogens (tertiary/aromatic N) is 2. The maximum absolute atomic E-state index is 4.11. The predicted octanol–water partition coefficient (Wildman–Crippen LogP) is 3.23. The summed E-state index contributed by atoms with van der Waals surface area (Å²) in [6.45, 7) is 4.39. The zero-order chi connectivity index (χ0) is 11.4. The third-order valence-electron chi connectivity index (χ3n) is 2.67. The van der Waals surface area contributed by atoms with Gasteiger partial charge in [0, 0.05) is 11.4 Å². The van der Waals surface area contributed by atoms with E-state index in [0.29, 0.717) is 6.04 Å². The molecule has 0 spiro atoms. The van der Waals surface area contributed by atoms with E-state index >= 15 is 0 Å². The maximum Gasteiger partial charge on any atom is 0.0950 e. The van der Waals surface area contributed by atoms with Crippen molar-refractivity contribution in [3.63, 3.8) is 0 Å². The summed E-state index contributed by atoms with van der Waals surface area (Å²) in [7, 11) is 0. The molecule has 0 radical (unpaired) electrons. The summed E-state index contributed by atoms with van der Waals surface area (Å²) in [5.74, 6) is 0. The minimum absolute atomic E-state index is 0.470. The highest BCUT2D eigenvalue weighted by molar-refractivity contribution is 5.90. The van der Waals surface area contributed by atoms with Gasteiger partial charge < -0.3 is 5.32 Å². The van der Waals surface area contributed by atoms with Crippen molar-refractivity contribution in [2.45, 2.75) is 32.7 Å². The van der Waals surface area contributed by atoms with Crippen LogP contribution in [-0.4, -0.2) is 16.2 Å². The Balaban J connectivity index is 2.30. The molecule has 84 valence electrons. The topological polar surface area (TPSA) is 37.8 Å². The quantitative estimate of drug-likeness (QED) is 0.850. The number of benzene rings is 1. The van der Waals surface area contributed by atoms with Crippen LogP contribution < -0.4 is 5.32 Å². The molecule has 1 atom stereocenters. The third kappa shape index (κ3) is 2.30. The van der Waals surface area contributed by atoms with Crippen molar-refractivity contribution >= 4 is 16.6 Å². The molecule has 0 aliphatic carbocycles. The van der Waals surface area contributed by atoms with Crippen LogP contribution in [0.25, 0.3) is 10.9 Å². The fourth-order valence-electron chi connectivity index (χ4n) is 1.89. The van der Waals surface area contributed by atoms with Crippen LogP contribution in [0.5, 0.6) is 0 Å². The van der Waals surface area contributed by atoms with E-state index < -0.39 is 0 Å². The minimum atomic E-state index is 0.470. The molecule has 2 rings (SSSR count). The smallest absolute Gasteiger partial charge is 0.0950 e. The lowest BCUT2D eigenvalue weighted by Gasteiger charge is -2.15. The molecule has 0 aliphatic heterocycles. The van der Waals surface area contributed by atoms with Crippen molar-refractivity contribution in [1.29, 1.82) is 0 Å². The summed E-state index contributed by atoms with van der Waals surface area (Å²) < 4.78 is 0. The molecule has 3 heteroatoms. The Labute approximate surface area is 95.9 Å². The fraction of sp³-hybridized carbons (Fsp3) is 0.385. The van der Waals surface area contributed by atoms with Gasteiger partial charge in [-0.05, 0) is 19.4 Å². The highest BCUT2D eigenvalue weighted by atomic mass is 15.1. The normalized spacial score (nSPS) is 12.6. The van der Waals surface area contributed by atoms with E-state index in [1.807, 2.05) is 18.2 Å². The lowest BCUT2D eigenvalue weighted by Crippen LogP contribution is -2.15. The van der Waals surface area contributed by atoms with Gasteiger partial charge in [0.1, 0.15) is 0 Å². The third-order valence-corrected chi connectivity index (χ3v) is 2.67. The van der Waals surface area contributed by atoms with Crippen LogP contribution in [0.4, 0.5) is 5.69 Å². The molecule has 16 heavy (non-hydrogen) atoms. The van der Waals surface area contributed by atoms with Gasteiger partial charge >= 0.3 is 0 Å². The van der Waals surface area contributed by atoms with Crippen LogP contribution in [0.1, 0.15) is 26.7 Å². The first-order valence-corrected chi connectivity index (χ1v) is 5.78. The van der Waals surface area contributed by atoms with Gasteiger partial charge in [-0.2, -0.15) is 10.2 Å². The van der Waals surface area contributed by atoms with Crippen molar-refractivity contribution < 1.29 is 0 Å². The Morgan fingerprint density at radius 2 is 2.12 bits per heavy atom. The van der Waals surface area contributed by atoms with Crippen LogP contribution >= 0.6 is 0 Å². The minimum Gasteiger partial charge on any atom is -0.381 e. The van der Waals surface area contributed by atoms with Crippen LogP contribution in [0.15, 0.2) is 30.5 Å². The molecule has 0 fully saturated rings. The molecule has 1 aromatic heterocycles.